The number of carbonyl (C=O) groups excluding carboxylic acids is 2. The first-order chi connectivity index (χ1) is 18.6. The number of aliphatic carboxylic acids is 2. The molecule has 0 saturated carbocycles. The lowest BCUT2D eigenvalue weighted by Crippen LogP contribution is -2.43. The molecule has 0 fully saturated rings. The number of esters is 2. The van der Waals surface area contributed by atoms with Crippen LogP contribution in [0.1, 0.15) is 77.0 Å². The van der Waals surface area contributed by atoms with Crippen molar-refractivity contribution in [3.63, 3.8) is 0 Å². The molecule has 10 nitrogen and oxygen atoms in total. The molecule has 0 spiro atoms. The maximum Gasteiger partial charge on any atom is 0.331 e. The molecule has 10 heteroatoms. The number of hydrogen-bond donors (Lipinski definition) is 2. The molecule has 0 aromatic heterocycles. The van der Waals surface area contributed by atoms with Crippen molar-refractivity contribution < 1.29 is 47.8 Å². The lowest BCUT2D eigenvalue weighted by atomic mass is 10.1. The number of ether oxygens (including phenoxy) is 2. The van der Waals surface area contributed by atoms with Gasteiger partial charge >= 0.3 is 23.9 Å². The maximum atomic E-state index is 12.1. The average molecular weight is 571 g/mol. The van der Waals surface area contributed by atoms with Crippen molar-refractivity contribution in [2.45, 2.75) is 89.3 Å². The quantitative estimate of drug-likeness (QED) is 0.0616. The summed E-state index contributed by atoms with van der Waals surface area (Å²) in [7, 11) is 11.6. The summed E-state index contributed by atoms with van der Waals surface area (Å²) in [6.45, 7) is 0.886. The van der Waals surface area contributed by atoms with Gasteiger partial charge in [-0.1, -0.05) is 56.8 Å². The summed E-state index contributed by atoms with van der Waals surface area (Å²) in [4.78, 5) is 46.1. The minimum absolute atomic E-state index is 0.170. The van der Waals surface area contributed by atoms with E-state index < -0.39 is 30.1 Å². The zero-order chi connectivity index (χ0) is 30.6. The molecule has 0 aliphatic rings. The SMILES string of the molecule is C[N+](C)(C)CC(CC(=O)O)OC(=O)C=CC=CCCCCCCCCCCC(=O)OC(CC(=O)O)C[N+](C)(C)C. The third-order valence-electron chi connectivity index (χ3n) is 5.87. The summed E-state index contributed by atoms with van der Waals surface area (Å²) in [5, 5.41) is 18.1. The van der Waals surface area contributed by atoms with Gasteiger partial charge in [0, 0.05) is 12.5 Å². The molecule has 0 bridgehead atoms. The van der Waals surface area contributed by atoms with Crippen LogP contribution in [0, 0.1) is 0 Å². The van der Waals surface area contributed by atoms with E-state index in [0.717, 1.165) is 57.8 Å². The second kappa shape index (κ2) is 20.2. The average Bonchev–Trinajstić information content (AvgIpc) is 2.75. The fraction of sp³-hybridized carbons (Fsp3) is 0.733. The molecule has 0 aromatic carbocycles. The van der Waals surface area contributed by atoms with Crippen LogP contribution in [0.5, 0.6) is 0 Å². The number of rotatable bonds is 23. The second-order valence-corrected chi connectivity index (χ2v) is 12.5. The van der Waals surface area contributed by atoms with Gasteiger partial charge in [-0.2, -0.15) is 0 Å². The van der Waals surface area contributed by atoms with Crippen LogP contribution in [0.4, 0.5) is 0 Å². The van der Waals surface area contributed by atoms with E-state index in [9.17, 15) is 19.2 Å². The smallest absolute Gasteiger partial charge is 0.331 e. The minimum Gasteiger partial charge on any atom is -0.481 e. The molecule has 0 rings (SSSR count). The van der Waals surface area contributed by atoms with Crippen molar-refractivity contribution in [3.05, 3.63) is 24.3 Å². The van der Waals surface area contributed by atoms with Crippen LogP contribution in [0.2, 0.25) is 0 Å². The highest BCUT2D eigenvalue weighted by molar-refractivity contribution is 5.82. The number of carboxylic acids is 2. The Morgan fingerprint density at radius 3 is 1.57 bits per heavy atom. The van der Waals surface area contributed by atoms with E-state index in [0.29, 0.717) is 28.5 Å². The van der Waals surface area contributed by atoms with E-state index in [1.54, 1.807) is 6.08 Å². The van der Waals surface area contributed by atoms with Crippen molar-refractivity contribution in [1.29, 1.82) is 0 Å². The summed E-state index contributed by atoms with van der Waals surface area (Å²) in [5.41, 5.74) is 0. The predicted molar refractivity (Wildman–Crippen MR) is 155 cm³/mol. The maximum absolute atomic E-state index is 12.1. The van der Waals surface area contributed by atoms with Crippen LogP contribution in [0.3, 0.4) is 0 Å². The summed E-state index contributed by atoms with van der Waals surface area (Å²) in [6.07, 6.45) is 14.7. The molecule has 0 aliphatic heterocycles. The summed E-state index contributed by atoms with van der Waals surface area (Å²) in [6, 6.07) is 0. The van der Waals surface area contributed by atoms with Gasteiger partial charge in [-0.25, -0.2) is 4.79 Å². The highest BCUT2D eigenvalue weighted by atomic mass is 16.5. The molecule has 0 aromatic rings. The highest BCUT2D eigenvalue weighted by Crippen LogP contribution is 2.13. The van der Waals surface area contributed by atoms with Gasteiger partial charge < -0.3 is 28.7 Å². The number of hydrogen-bond acceptors (Lipinski definition) is 6. The molecule has 0 radical (unpaired) electrons. The van der Waals surface area contributed by atoms with E-state index in [1.807, 2.05) is 54.4 Å². The Bertz CT molecular complexity index is 825. The molecule has 2 unspecified atom stereocenters. The molecule has 0 heterocycles. The van der Waals surface area contributed by atoms with E-state index >= 15 is 0 Å². The Balaban J connectivity index is 3.92. The van der Waals surface area contributed by atoms with Crippen LogP contribution >= 0.6 is 0 Å². The normalized spacial score (nSPS) is 13.8. The first-order valence-electron chi connectivity index (χ1n) is 14.3. The van der Waals surface area contributed by atoms with Crippen LogP contribution in [-0.2, 0) is 28.7 Å². The van der Waals surface area contributed by atoms with Crippen LogP contribution in [0.25, 0.3) is 0 Å². The molecule has 2 atom stereocenters. The number of carboxylic acid groups (broad SMARTS) is 2. The Labute approximate surface area is 240 Å². The van der Waals surface area contributed by atoms with Gasteiger partial charge in [0.15, 0.2) is 12.2 Å². The summed E-state index contributed by atoms with van der Waals surface area (Å²) < 4.78 is 11.7. The lowest BCUT2D eigenvalue weighted by Gasteiger charge is -2.28. The Kier molecular flexibility index (Phi) is 18.8. The fourth-order valence-corrected chi connectivity index (χ4v) is 4.25. The number of carbonyl (C=O) groups is 4. The van der Waals surface area contributed by atoms with Crippen LogP contribution in [0.15, 0.2) is 24.3 Å². The van der Waals surface area contributed by atoms with Gasteiger partial charge in [0.25, 0.3) is 0 Å². The van der Waals surface area contributed by atoms with Crippen LogP contribution < -0.4 is 0 Å². The van der Waals surface area contributed by atoms with E-state index in [1.165, 1.54) is 6.08 Å². The number of allylic oxidation sites excluding steroid dienone is 3. The number of quaternary nitrogens is 2. The van der Waals surface area contributed by atoms with Gasteiger partial charge in [-0.15, -0.1) is 0 Å². The van der Waals surface area contributed by atoms with Crippen molar-refractivity contribution >= 4 is 23.9 Å². The van der Waals surface area contributed by atoms with E-state index in [-0.39, 0.29) is 18.8 Å². The molecule has 230 valence electrons. The first-order valence-corrected chi connectivity index (χ1v) is 14.3. The second-order valence-electron chi connectivity index (χ2n) is 12.5. The van der Waals surface area contributed by atoms with Crippen molar-refractivity contribution in [3.8, 4) is 0 Å². The summed E-state index contributed by atoms with van der Waals surface area (Å²) in [5.74, 6) is -2.81. The van der Waals surface area contributed by atoms with Gasteiger partial charge in [0.1, 0.15) is 13.1 Å². The Hall–Kier alpha value is -2.72. The third kappa shape index (κ3) is 25.6. The Morgan fingerprint density at radius 1 is 0.650 bits per heavy atom. The monoisotopic (exact) mass is 570 g/mol. The minimum atomic E-state index is -0.993. The van der Waals surface area contributed by atoms with Gasteiger partial charge in [0.2, 0.25) is 0 Å². The topological polar surface area (TPSA) is 127 Å². The van der Waals surface area contributed by atoms with Gasteiger partial charge in [-0.3, -0.25) is 14.4 Å². The predicted octanol–water partition coefficient (Wildman–Crippen LogP) is 4.19. The largest absolute Gasteiger partial charge is 0.481 e. The number of unbranched alkanes of at least 4 members (excludes halogenated alkanes) is 8. The number of likely N-dealkylation sites (N-methyl/N-ethyl adjacent to an activating group) is 2. The third-order valence-corrected chi connectivity index (χ3v) is 5.87. The standard InChI is InChI=1S/C30H52N2O8/c1-31(2,3)23-25(21-27(33)34)39-29(37)19-17-15-13-11-9-7-8-10-12-14-16-18-20-30(38)40-26(22-28(35)36)24-32(4,5)6/h13,15,17,19,25-26H,7-12,14,16,18,20-24H2,1-6H3/p+2. The molecular weight excluding hydrogens is 516 g/mol. The van der Waals surface area contributed by atoms with E-state index in [4.69, 9.17) is 19.7 Å². The molecule has 0 saturated heterocycles. The van der Waals surface area contributed by atoms with Crippen molar-refractivity contribution in [2.24, 2.45) is 0 Å². The van der Waals surface area contributed by atoms with Crippen molar-refractivity contribution in [1.82, 2.24) is 0 Å². The Morgan fingerprint density at radius 2 is 1.10 bits per heavy atom. The molecule has 0 aliphatic carbocycles. The zero-order valence-corrected chi connectivity index (χ0v) is 25.6. The molecule has 40 heavy (non-hydrogen) atoms. The number of nitrogens with zero attached hydrogens (tertiary/aromatic N) is 2. The molecule has 2 N–H and O–H groups in total. The van der Waals surface area contributed by atoms with Crippen molar-refractivity contribution in [2.75, 3.05) is 55.4 Å². The van der Waals surface area contributed by atoms with Gasteiger partial charge in [0.05, 0.1) is 55.1 Å². The summed E-state index contributed by atoms with van der Waals surface area (Å²) >= 11 is 0. The van der Waals surface area contributed by atoms with E-state index in [2.05, 4.69) is 0 Å². The zero-order valence-electron chi connectivity index (χ0n) is 25.6. The van der Waals surface area contributed by atoms with Crippen LogP contribution in [-0.4, -0.2) is 111 Å². The fourth-order valence-electron chi connectivity index (χ4n) is 4.25. The van der Waals surface area contributed by atoms with Gasteiger partial charge in [-0.05, 0) is 19.3 Å². The molecular formula is C30H54N2O8+2. The first kappa shape index (κ1) is 37.3. The molecule has 0 amide bonds. The highest BCUT2D eigenvalue weighted by Gasteiger charge is 2.25. The lowest BCUT2D eigenvalue weighted by molar-refractivity contribution is -0.873.